The van der Waals surface area contributed by atoms with Gasteiger partial charge in [-0.3, -0.25) is 4.68 Å². The van der Waals surface area contributed by atoms with E-state index in [2.05, 4.69) is 15.3 Å². The fourth-order valence-electron chi connectivity index (χ4n) is 2.93. The Balaban J connectivity index is 1.64. The number of thiophene rings is 1. The summed E-state index contributed by atoms with van der Waals surface area (Å²) in [6, 6.07) is 1.46. The van der Waals surface area contributed by atoms with Crippen LogP contribution in [0.15, 0.2) is 38.5 Å². The Hall–Kier alpha value is -2.04. The van der Waals surface area contributed by atoms with Gasteiger partial charge in [-0.1, -0.05) is 0 Å². The van der Waals surface area contributed by atoms with Gasteiger partial charge in [-0.15, -0.1) is 10.2 Å². The van der Waals surface area contributed by atoms with E-state index in [1.807, 2.05) is 23.8 Å². The summed E-state index contributed by atoms with van der Waals surface area (Å²) in [5, 5.41) is 16.1. The van der Waals surface area contributed by atoms with Gasteiger partial charge in [-0.25, -0.2) is 8.42 Å². The molecule has 1 unspecified atom stereocenters. The average molecular weight is 379 g/mol. The molecule has 25 heavy (non-hydrogen) atoms. The predicted octanol–water partition coefficient (Wildman–Crippen LogP) is 2.54. The number of aryl methyl sites for hydroxylation is 1. The summed E-state index contributed by atoms with van der Waals surface area (Å²) in [5.41, 5.74) is 0.848. The molecule has 1 fully saturated rings. The monoisotopic (exact) mass is 379 g/mol. The number of hydrogen-bond donors (Lipinski definition) is 0. The molecule has 4 heterocycles. The average Bonchev–Trinajstić information content (AvgIpc) is 3.42. The van der Waals surface area contributed by atoms with E-state index in [0.717, 1.165) is 12.0 Å². The minimum atomic E-state index is -3.65. The zero-order valence-electron chi connectivity index (χ0n) is 13.6. The fourth-order valence-corrected chi connectivity index (χ4v) is 5.17. The highest BCUT2D eigenvalue weighted by Gasteiger charge is 2.39. The van der Waals surface area contributed by atoms with Gasteiger partial charge in [0, 0.05) is 30.2 Å². The zero-order valence-corrected chi connectivity index (χ0v) is 15.2. The first-order valence-corrected chi connectivity index (χ1v) is 10.4. The van der Waals surface area contributed by atoms with Gasteiger partial charge in [0.1, 0.15) is 10.9 Å². The van der Waals surface area contributed by atoms with Gasteiger partial charge in [0.15, 0.2) is 0 Å². The molecule has 4 rings (SSSR count). The molecule has 3 aromatic heterocycles. The molecular weight excluding hydrogens is 362 g/mol. The lowest BCUT2D eigenvalue weighted by atomic mass is 10.2. The quantitative estimate of drug-likeness (QED) is 0.676. The molecule has 1 aliphatic rings. The van der Waals surface area contributed by atoms with Gasteiger partial charge in [0.2, 0.25) is 21.8 Å². The minimum absolute atomic E-state index is 0.193. The van der Waals surface area contributed by atoms with Crippen molar-refractivity contribution in [2.24, 2.45) is 0 Å². The van der Waals surface area contributed by atoms with Crippen molar-refractivity contribution >= 4 is 21.4 Å². The molecule has 0 saturated carbocycles. The van der Waals surface area contributed by atoms with E-state index >= 15 is 0 Å². The molecule has 10 heteroatoms. The minimum Gasteiger partial charge on any atom is -0.419 e. The predicted molar refractivity (Wildman–Crippen MR) is 91.4 cm³/mol. The summed E-state index contributed by atoms with van der Waals surface area (Å²) in [6.07, 6.45) is 4.35. The molecule has 8 nitrogen and oxygen atoms in total. The topological polar surface area (TPSA) is 94.1 Å². The van der Waals surface area contributed by atoms with Gasteiger partial charge in [-0.05, 0) is 31.2 Å². The Morgan fingerprint density at radius 3 is 3.00 bits per heavy atom. The Kier molecular flexibility index (Phi) is 4.18. The first kappa shape index (κ1) is 16.4. The molecule has 3 aromatic rings. The lowest BCUT2D eigenvalue weighted by Crippen LogP contribution is -2.30. The second-order valence-corrected chi connectivity index (χ2v) is 8.43. The van der Waals surface area contributed by atoms with E-state index in [4.69, 9.17) is 4.42 Å². The lowest BCUT2D eigenvalue weighted by molar-refractivity contribution is 0.332. The van der Waals surface area contributed by atoms with Crippen molar-refractivity contribution in [3.8, 4) is 11.5 Å². The van der Waals surface area contributed by atoms with Crippen molar-refractivity contribution in [1.82, 2.24) is 24.3 Å². The molecule has 132 valence electrons. The third-order valence-corrected chi connectivity index (χ3v) is 6.78. The number of sulfonamides is 1. The molecule has 0 amide bonds. The van der Waals surface area contributed by atoms with Crippen molar-refractivity contribution in [1.29, 1.82) is 0 Å². The van der Waals surface area contributed by atoms with Crippen LogP contribution in [0.2, 0.25) is 0 Å². The molecule has 0 aliphatic carbocycles. The molecule has 1 saturated heterocycles. The van der Waals surface area contributed by atoms with E-state index in [0.29, 0.717) is 31.3 Å². The first-order chi connectivity index (χ1) is 12.1. The third kappa shape index (κ3) is 2.90. The number of rotatable bonds is 5. The van der Waals surface area contributed by atoms with Crippen LogP contribution in [-0.4, -0.2) is 39.2 Å². The molecule has 0 bridgehead atoms. The van der Waals surface area contributed by atoms with Crippen molar-refractivity contribution in [2.75, 3.05) is 6.54 Å². The van der Waals surface area contributed by atoms with Gasteiger partial charge in [0.25, 0.3) is 0 Å². The summed E-state index contributed by atoms with van der Waals surface area (Å²) < 4.78 is 34.7. The summed E-state index contributed by atoms with van der Waals surface area (Å²) in [4.78, 5) is 0.193. The highest BCUT2D eigenvalue weighted by molar-refractivity contribution is 7.89. The Bertz CT molecular complexity index is 961. The van der Waals surface area contributed by atoms with Crippen molar-refractivity contribution in [3.63, 3.8) is 0 Å². The summed E-state index contributed by atoms with van der Waals surface area (Å²) >= 11 is 1.54. The van der Waals surface area contributed by atoms with Crippen LogP contribution in [0.25, 0.3) is 11.5 Å². The van der Waals surface area contributed by atoms with Crippen molar-refractivity contribution in [2.45, 2.75) is 37.2 Å². The standard InChI is InChI=1S/C15H17N5O3S2/c1-2-19-9-12(8-16-19)25(21,22)20-6-3-4-13(20)15-18-17-14(23-15)11-5-7-24-10-11/h5,7-10,13H,2-4,6H2,1H3. The van der Waals surface area contributed by atoms with Gasteiger partial charge >= 0.3 is 0 Å². The maximum atomic E-state index is 13.0. The van der Waals surface area contributed by atoms with E-state index in [-0.39, 0.29) is 4.90 Å². The first-order valence-electron chi connectivity index (χ1n) is 8.00. The van der Waals surface area contributed by atoms with Crippen LogP contribution in [0.4, 0.5) is 0 Å². The largest absolute Gasteiger partial charge is 0.419 e. The van der Waals surface area contributed by atoms with E-state index in [1.54, 1.807) is 10.9 Å². The lowest BCUT2D eigenvalue weighted by Gasteiger charge is -2.20. The van der Waals surface area contributed by atoms with Crippen LogP contribution < -0.4 is 0 Å². The second kappa shape index (κ2) is 6.36. The highest BCUT2D eigenvalue weighted by atomic mass is 32.2. The number of hydrogen-bond acceptors (Lipinski definition) is 7. The maximum Gasteiger partial charge on any atom is 0.248 e. The molecule has 1 aliphatic heterocycles. The van der Waals surface area contributed by atoms with Crippen molar-refractivity contribution < 1.29 is 12.8 Å². The van der Waals surface area contributed by atoms with Crippen molar-refractivity contribution in [3.05, 3.63) is 35.1 Å². The van der Waals surface area contributed by atoms with Gasteiger partial charge in [-0.2, -0.15) is 20.7 Å². The molecule has 0 radical (unpaired) electrons. The van der Waals surface area contributed by atoms with Crippen LogP contribution in [0.1, 0.15) is 31.7 Å². The summed E-state index contributed by atoms with van der Waals surface area (Å²) in [6.45, 7) is 2.96. The fraction of sp³-hybridized carbons (Fsp3) is 0.400. The zero-order chi connectivity index (χ0) is 17.4. The number of aromatic nitrogens is 4. The second-order valence-electron chi connectivity index (χ2n) is 5.76. The SMILES string of the molecule is CCn1cc(S(=O)(=O)N2CCCC2c2nnc(-c3ccsc3)o2)cn1. The Morgan fingerprint density at radius 2 is 2.28 bits per heavy atom. The molecule has 0 N–H and O–H groups in total. The van der Waals surface area contributed by atoms with Crippen LogP contribution in [0.5, 0.6) is 0 Å². The normalized spacial score (nSPS) is 18.8. The Morgan fingerprint density at radius 1 is 1.40 bits per heavy atom. The maximum absolute atomic E-state index is 13.0. The number of nitrogens with zero attached hydrogens (tertiary/aromatic N) is 5. The summed E-state index contributed by atoms with van der Waals surface area (Å²) in [7, 11) is -3.65. The third-order valence-electron chi connectivity index (χ3n) is 4.24. The smallest absolute Gasteiger partial charge is 0.248 e. The van der Waals surface area contributed by atoms with Gasteiger partial charge in [0.05, 0.1) is 6.20 Å². The molecule has 0 aromatic carbocycles. The summed E-state index contributed by atoms with van der Waals surface area (Å²) in [5.74, 6) is 0.754. The van der Waals surface area contributed by atoms with Crippen LogP contribution in [0, 0.1) is 0 Å². The molecule has 1 atom stereocenters. The van der Waals surface area contributed by atoms with Crippen LogP contribution in [-0.2, 0) is 16.6 Å². The van der Waals surface area contributed by atoms with E-state index in [1.165, 1.54) is 21.8 Å². The molecule has 0 spiro atoms. The van der Waals surface area contributed by atoms with Gasteiger partial charge < -0.3 is 4.42 Å². The highest BCUT2D eigenvalue weighted by Crippen LogP contribution is 2.36. The molecular formula is C15H17N5O3S2. The van der Waals surface area contributed by atoms with E-state index in [9.17, 15) is 8.42 Å². The Labute approximate surface area is 149 Å². The van der Waals surface area contributed by atoms with Crippen LogP contribution in [0.3, 0.4) is 0 Å². The van der Waals surface area contributed by atoms with E-state index < -0.39 is 16.1 Å². The van der Waals surface area contributed by atoms with Crippen LogP contribution >= 0.6 is 11.3 Å².